The Morgan fingerprint density at radius 3 is 2.70 bits per heavy atom. The fraction of sp³-hybridized carbons (Fsp3) is 1.00. The van der Waals surface area contributed by atoms with Crippen LogP contribution < -0.4 is 11.1 Å². The molecule has 0 aromatic carbocycles. The van der Waals surface area contributed by atoms with Gasteiger partial charge in [0, 0.05) is 25.7 Å². The molecule has 1 rings (SSSR count). The van der Waals surface area contributed by atoms with Crippen molar-refractivity contribution in [3.63, 3.8) is 0 Å². The molecule has 1 atom stereocenters. The number of nitrogens with one attached hydrogen (secondary N) is 1. The molecule has 1 aliphatic heterocycles. The fourth-order valence-corrected chi connectivity index (χ4v) is 1.27. The summed E-state index contributed by atoms with van der Waals surface area (Å²) < 4.78 is 0. The number of rotatable bonds is 1. The first-order chi connectivity index (χ1) is 4.70. The van der Waals surface area contributed by atoms with Gasteiger partial charge >= 0.3 is 0 Å². The lowest BCUT2D eigenvalue weighted by Crippen LogP contribution is -2.56. The molecule has 0 saturated carbocycles. The lowest BCUT2D eigenvalue weighted by atomic mass is 10.2. The zero-order valence-electron chi connectivity index (χ0n) is 6.80. The minimum absolute atomic E-state index is 0.177. The summed E-state index contributed by atoms with van der Waals surface area (Å²) in [6.07, 6.45) is 0.177. The van der Waals surface area contributed by atoms with E-state index in [1.165, 1.54) is 0 Å². The maximum Gasteiger partial charge on any atom is 0.0678 e. The van der Waals surface area contributed by atoms with Gasteiger partial charge in [-0.2, -0.15) is 0 Å². The lowest BCUT2D eigenvalue weighted by molar-refractivity contribution is 0.164. The average molecular weight is 143 g/mol. The zero-order valence-corrected chi connectivity index (χ0v) is 6.80. The minimum atomic E-state index is 0.177. The molecule has 0 bridgehead atoms. The van der Waals surface area contributed by atoms with E-state index in [4.69, 9.17) is 5.73 Å². The van der Waals surface area contributed by atoms with E-state index in [1.54, 1.807) is 0 Å². The van der Waals surface area contributed by atoms with Crippen LogP contribution in [0.3, 0.4) is 0 Å². The van der Waals surface area contributed by atoms with Crippen molar-refractivity contribution in [1.29, 1.82) is 0 Å². The van der Waals surface area contributed by atoms with Crippen LogP contribution in [-0.4, -0.2) is 36.7 Å². The SMILES string of the molecule is CC(C)N1CCNC(N)C1. The summed E-state index contributed by atoms with van der Waals surface area (Å²) in [7, 11) is 0. The maximum atomic E-state index is 5.71. The van der Waals surface area contributed by atoms with Crippen molar-refractivity contribution < 1.29 is 0 Å². The van der Waals surface area contributed by atoms with Gasteiger partial charge in [-0.1, -0.05) is 0 Å². The summed E-state index contributed by atoms with van der Waals surface area (Å²) in [6, 6.07) is 0.633. The molecule has 3 heteroatoms. The number of hydrogen-bond donors (Lipinski definition) is 2. The van der Waals surface area contributed by atoms with E-state index in [2.05, 4.69) is 24.1 Å². The highest BCUT2D eigenvalue weighted by molar-refractivity contribution is 4.75. The second kappa shape index (κ2) is 3.32. The predicted molar refractivity (Wildman–Crippen MR) is 42.7 cm³/mol. The van der Waals surface area contributed by atoms with Crippen molar-refractivity contribution in [3.8, 4) is 0 Å². The van der Waals surface area contributed by atoms with Crippen molar-refractivity contribution in [3.05, 3.63) is 0 Å². The quantitative estimate of drug-likeness (QED) is 0.524. The van der Waals surface area contributed by atoms with Gasteiger partial charge in [0.25, 0.3) is 0 Å². The van der Waals surface area contributed by atoms with Crippen LogP contribution in [0.25, 0.3) is 0 Å². The molecule has 0 spiro atoms. The van der Waals surface area contributed by atoms with Crippen LogP contribution in [0.2, 0.25) is 0 Å². The molecule has 1 saturated heterocycles. The second-order valence-electron chi connectivity index (χ2n) is 3.15. The number of nitrogens with zero attached hydrogens (tertiary/aromatic N) is 1. The third-order valence-electron chi connectivity index (χ3n) is 1.97. The monoisotopic (exact) mass is 143 g/mol. The van der Waals surface area contributed by atoms with Gasteiger partial charge in [-0.05, 0) is 13.8 Å². The molecule has 3 N–H and O–H groups in total. The lowest BCUT2D eigenvalue weighted by Gasteiger charge is -2.34. The molecule has 0 aromatic heterocycles. The largest absolute Gasteiger partial charge is 0.315 e. The Morgan fingerprint density at radius 2 is 2.30 bits per heavy atom. The molecule has 1 heterocycles. The Morgan fingerprint density at radius 1 is 1.60 bits per heavy atom. The number of hydrogen-bond acceptors (Lipinski definition) is 3. The summed E-state index contributed by atoms with van der Waals surface area (Å²) in [5, 5.41) is 3.20. The topological polar surface area (TPSA) is 41.3 Å². The Bertz CT molecular complexity index is 103. The molecule has 0 aromatic rings. The maximum absolute atomic E-state index is 5.71. The summed E-state index contributed by atoms with van der Waals surface area (Å²) >= 11 is 0. The highest BCUT2D eigenvalue weighted by Gasteiger charge is 2.17. The van der Waals surface area contributed by atoms with Gasteiger partial charge in [0.05, 0.1) is 6.17 Å². The predicted octanol–water partition coefficient (Wildman–Crippen LogP) is -0.415. The standard InChI is InChI=1S/C7H17N3/c1-6(2)10-4-3-9-7(8)5-10/h6-7,9H,3-5,8H2,1-2H3. The summed E-state index contributed by atoms with van der Waals surface area (Å²) in [6.45, 7) is 7.55. The van der Waals surface area contributed by atoms with Gasteiger partial charge in [-0.3, -0.25) is 10.2 Å². The molecule has 0 radical (unpaired) electrons. The first-order valence-electron chi connectivity index (χ1n) is 3.93. The Hall–Kier alpha value is -0.120. The first-order valence-corrected chi connectivity index (χ1v) is 3.93. The van der Waals surface area contributed by atoms with Gasteiger partial charge in [0.15, 0.2) is 0 Å². The van der Waals surface area contributed by atoms with Crippen molar-refractivity contribution >= 4 is 0 Å². The fourth-order valence-electron chi connectivity index (χ4n) is 1.27. The highest BCUT2D eigenvalue weighted by atomic mass is 15.2. The molecular weight excluding hydrogens is 126 g/mol. The van der Waals surface area contributed by atoms with Gasteiger partial charge in [0.1, 0.15) is 0 Å². The highest BCUT2D eigenvalue weighted by Crippen LogP contribution is 2.00. The van der Waals surface area contributed by atoms with Crippen molar-refractivity contribution in [2.24, 2.45) is 5.73 Å². The molecule has 1 aliphatic rings. The van der Waals surface area contributed by atoms with E-state index >= 15 is 0 Å². The molecule has 10 heavy (non-hydrogen) atoms. The van der Waals surface area contributed by atoms with E-state index in [-0.39, 0.29) is 6.17 Å². The molecular formula is C7H17N3. The van der Waals surface area contributed by atoms with E-state index in [0.29, 0.717) is 6.04 Å². The van der Waals surface area contributed by atoms with Gasteiger partial charge < -0.3 is 5.73 Å². The van der Waals surface area contributed by atoms with Crippen LogP contribution in [0.1, 0.15) is 13.8 Å². The first kappa shape index (κ1) is 7.98. The van der Waals surface area contributed by atoms with Crippen molar-refractivity contribution in [1.82, 2.24) is 10.2 Å². The van der Waals surface area contributed by atoms with Gasteiger partial charge in [-0.25, -0.2) is 0 Å². The summed E-state index contributed by atoms with van der Waals surface area (Å²) in [5.74, 6) is 0. The van der Waals surface area contributed by atoms with E-state index in [9.17, 15) is 0 Å². The smallest absolute Gasteiger partial charge is 0.0678 e. The minimum Gasteiger partial charge on any atom is -0.315 e. The molecule has 1 fully saturated rings. The second-order valence-corrected chi connectivity index (χ2v) is 3.15. The molecule has 3 nitrogen and oxygen atoms in total. The van der Waals surface area contributed by atoms with Crippen LogP contribution in [0, 0.1) is 0 Å². The van der Waals surface area contributed by atoms with Crippen LogP contribution in [0.15, 0.2) is 0 Å². The van der Waals surface area contributed by atoms with E-state index < -0.39 is 0 Å². The Balaban J connectivity index is 2.32. The Labute approximate surface area is 62.6 Å². The Kier molecular flexibility index (Phi) is 2.65. The van der Waals surface area contributed by atoms with Crippen LogP contribution in [-0.2, 0) is 0 Å². The van der Waals surface area contributed by atoms with Gasteiger partial charge in [0.2, 0.25) is 0 Å². The normalized spacial score (nSPS) is 29.4. The average Bonchev–Trinajstić information content (AvgIpc) is 1.88. The van der Waals surface area contributed by atoms with Crippen LogP contribution >= 0.6 is 0 Å². The molecule has 0 amide bonds. The molecule has 60 valence electrons. The summed E-state index contributed by atoms with van der Waals surface area (Å²) in [5.41, 5.74) is 5.71. The van der Waals surface area contributed by atoms with E-state index in [0.717, 1.165) is 19.6 Å². The van der Waals surface area contributed by atoms with Gasteiger partial charge in [-0.15, -0.1) is 0 Å². The van der Waals surface area contributed by atoms with E-state index in [1.807, 2.05) is 0 Å². The number of piperazine rings is 1. The number of nitrogens with two attached hydrogens (primary N) is 1. The molecule has 1 unspecified atom stereocenters. The van der Waals surface area contributed by atoms with Crippen molar-refractivity contribution in [2.75, 3.05) is 19.6 Å². The third-order valence-corrected chi connectivity index (χ3v) is 1.97. The third kappa shape index (κ3) is 1.94. The van der Waals surface area contributed by atoms with Crippen LogP contribution in [0.5, 0.6) is 0 Å². The van der Waals surface area contributed by atoms with Crippen molar-refractivity contribution in [2.45, 2.75) is 26.1 Å². The molecule has 0 aliphatic carbocycles. The zero-order chi connectivity index (χ0) is 7.56. The summed E-state index contributed by atoms with van der Waals surface area (Å²) in [4.78, 5) is 2.39. The van der Waals surface area contributed by atoms with Crippen LogP contribution in [0.4, 0.5) is 0 Å².